The number of aromatic nitrogens is 1. The third-order valence-corrected chi connectivity index (χ3v) is 3.44. The highest BCUT2D eigenvalue weighted by Gasteiger charge is 2.15. The van der Waals surface area contributed by atoms with Crippen LogP contribution in [0.15, 0.2) is 48.8 Å². The Morgan fingerprint density at radius 2 is 2.00 bits per heavy atom. The minimum atomic E-state index is -0.488. The van der Waals surface area contributed by atoms with E-state index in [-0.39, 0.29) is 18.4 Å². The van der Waals surface area contributed by atoms with Crippen LogP contribution >= 0.6 is 0 Å². The monoisotopic (exact) mass is 341 g/mol. The van der Waals surface area contributed by atoms with Gasteiger partial charge in [-0.05, 0) is 29.8 Å². The van der Waals surface area contributed by atoms with Crippen LogP contribution < -0.4 is 5.32 Å². The van der Waals surface area contributed by atoms with E-state index in [2.05, 4.69) is 15.0 Å². The lowest BCUT2D eigenvalue weighted by Crippen LogP contribution is -2.36. The van der Waals surface area contributed by atoms with Gasteiger partial charge in [-0.25, -0.2) is 4.79 Å². The van der Waals surface area contributed by atoms with Gasteiger partial charge in [-0.1, -0.05) is 12.1 Å². The number of anilines is 1. The number of esters is 1. The molecule has 0 saturated carbocycles. The highest BCUT2D eigenvalue weighted by molar-refractivity contribution is 5.96. The van der Waals surface area contributed by atoms with Crippen LogP contribution in [0.1, 0.15) is 22.8 Å². The van der Waals surface area contributed by atoms with E-state index in [1.807, 2.05) is 6.07 Å². The number of carbonyl (C=O) groups excluding carboxylic acids is 3. The van der Waals surface area contributed by atoms with Crippen molar-refractivity contribution < 1.29 is 19.1 Å². The minimum Gasteiger partial charge on any atom is -0.465 e. The fraction of sp³-hybridized carbons (Fsp3) is 0.222. The summed E-state index contributed by atoms with van der Waals surface area (Å²) in [4.78, 5) is 41.0. The van der Waals surface area contributed by atoms with Crippen molar-refractivity contribution in [2.45, 2.75) is 13.5 Å². The third kappa shape index (κ3) is 5.42. The topological polar surface area (TPSA) is 88.6 Å². The van der Waals surface area contributed by atoms with Crippen LogP contribution in [-0.4, -0.2) is 41.3 Å². The van der Waals surface area contributed by atoms with Gasteiger partial charge in [-0.15, -0.1) is 0 Å². The Balaban J connectivity index is 2.02. The molecule has 130 valence electrons. The largest absolute Gasteiger partial charge is 0.465 e. The number of nitrogens with zero attached hydrogens (tertiary/aromatic N) is 2. The third-order valence-electron chi connectivity index (χ3n) is 3.44. The van der Waals surface area contributed by atoms with E-state index >= 15 is 0 Å². The van der Waals surface area contributed by atoms with Crippen LogP contribution in [0.25, 0.3) is 0 Å². The summed E-state index contributed by atoms with van der Waals surface area (Å²) in [6, 6.07) is 10.0. The number of hydrogen-bond donors (Lipinski definition) is 1. The van der Waals surface area contributed by atoms with Crippen molar-refractivity contribution in [2.24, 2.45) is 0 Å². The quantitative estimate of drug-likeness (QED) is 0.810. The van der Waals surface area contributed by atoms with Crippen molar-refractivity contribution in [3.05, 3.63) is 59.9 Å². The fourth-order valence-corrected chi connectivity index (χ4v) is 2.21. The van der Waals surface area contributed by atoms with E-state index in [4.69, 9.17) is 0 Å². The second kappa shape index (κ2) is 8.58. The molecule has 0 fully saturated rings. The SMILES string of the molecule is COC(=O)c1cccc(NC(=O)CN(Cc2cccnc2)C(C)=O)c1. The molecule has 7 heteroatoms. The molecule has 1 aromatic heterocycles. The van der Waals surface area contributed by atoms with Crippen LogP contribution in [0.5, 0.6) is 0 Å². The summed E-state index contributed by atoms with van der Waals surface area (Å²) in [6.45, 7) is 1.59. The molecule has 1 N–H and O–H groups in total. The maximum Gasteiger partial charge on any atom is 0.337 e. The summed E-state index contributed by atoms with van der Waals surface area (Å²) in [5.74, 6) is -1.07. The van der Waals surface area contributed by atoms with Crippen LogP contribution in [0, 0.1) is 0 Å². The lowest BCUT2D eigenvalue weighted by molar-refractivity contribution is -0.133. The van der Waals surface area contributed by atoms with Gasteiger partial charge in [0, 0.05) is 31.5 Å². The molecule has 0 spiro atoms. The summed E-state index contributed by atoms with van der Waals surface area (Å²) in [6.07, 6.45) is 3.29. The molecule has 0 unspecified atom stereocenters. The molecule has 0 radical (unpaired) electrons. The predicted molar refractivity (Wildman–Crippen MR) is 91.7 cm³/mol. The zero-order valence-electron chi connectivity index (χ0n) is 14.1. The van der Waals surface area contributed by atoms with Gasteiger partial charge in [0.25, 0.3) is 0 Å². The maximum absolute atomic E-state index is 12.2. The van der Waals surface area contributed by atoms with Gasteiger partial charge in [-0.3, -0.25) is 14.6 Å². The van der Waals surface area contributed by atoms with E-state index in [9.17, 15) is 14.4 Å². The second-order valence-electron chi connectivity index (χ2n) is 5.36. The molecule has 7 nitrogen and oxygen atoms in total. The molecular formula is C18H19N3O4. The van der Waals surface area contributed by atoms with Crippen molar-refractivity contribution in [3.63, 3.8) is 0 Å². The first-order chi connectivity index (χ1) is 12.0. The summed E-state index contributed by atoms with van der Waals surface area (Å²) < 4.78 is 4.65. The normalized spacial score (nSPS) is 10.0. The lowest BCUT2D eigenvalue weighted by Gasteiger charge is -2.20. The fourth-order valence-electron chi connectivity index (χ4n) is 2.21. The molecule has 25 heavy (non-hydrogen) atoms. The zero-order chi connectivity index (χ0) is 18.2. The second-order valence-corrected chi connectivity index (χ2v) is 5.36. The molecule has 0 aliphatic heterocycles. The van der Waals surface area contributed by atoms with Gasteiger partial charge >= 0.3 is 5.97 Å². The standard InChI is InChI=1S/C18H19N3O4/c1-13(22)21(11-14-5-4-8-19-10-14)12-17(23)20-16-7-3-6-15(9-16)18(24)25-2/h3-10H,11-12H2,1-2H3,(H,20,23). The summed E-state index contributed by atoms with van der Waals surface area (Å²) >= 11 is 0. The van der Waals surface area contributed by atoms with Gasteiger partial charge < -0.3 is 15.0 Å². The number of methoxy groups -OCH3 is 1. The Labute approximate surface area is 145 Å². The van der Waals surface area contributed by atoms with Gasteiger partial charge in [0.05, 0.1) is 12.7 Å². The Morgan fingerprint density at radius 3 is 2.64 bits per heavy atom. The smallest absolute Gasteiger partial charge is 0.337 e. The molecule has 0 aliphatic rings. The van der Waals surface area contributed by atoms with Crippen LogP contribution in [0.2, 0.25) is 0 Å². The van der Waals surface area contributed by atoms with E-state index in [0.717, 1.165) is 5.56 Å². The first-order valence-corrected chi connectivity index (χ1v) is 7.62. The molecule has 0 saturated heterocycles. The summed E-state index contributed by atoms with van der Waals surface area (Å²) in [7, 11) is 1.29. The molecule has 1 heterocycles. The van der Waals surface area contributed by atoms with Gasteiger partial charge in [0.2, 0.25) is 11.8 Å². The number of carbonyl (C=O) groups is 3. The average Bonchev–Trinajstić information content (AvgIpc) is 2.61. The van der Waals surface area contributed by atoms with Crippen LogP contribution in [0.3, 0.4) is 0 Å². The van der Waals surface area contributed by atoms with Crippen LogP contribution in [0.4, 0.5) is 5.69 Å². The molecule has 0 bridgehead atoms. The Bertz CT molecular complexity index is 762. The number of ether oxygens (including phenoxy) is 1. The van der Waals surface area contributed by atoms with Gasteiger partial charge in [0.15, 0.2) is 0 Å². The zero-order valence-corrected chi connectivity index (χ0v) is 14.1. The van der Waals surface area contributed by atoms with E-state index in [1.54, 1.807) is 36.7 Å². The van der Waals surface area contributed by atoms with Crippen molar-refractivity contribution in [1.29, 1.82) is 0 Å². The van der Waals surface area contributed by atoms with E-state index in [0.29, 0.717) is 17.8 Å². The summed E-state index contributed by atoms with van der Waals surface area (Å²) in [5.41, 5.74) is 1.62. The number of amides is 2. The van der Waals surface area contributed by atoms with Crippen molar-refractivity contribution in [3.8, 4) is 0 Å². The van der Waals surface area contributed by atoms with E-state index in [1.165, 1.54) is 25.0 Å². The first-order valence-electron chi connectivity index (χ1n) is 7.62. The van der Waals surface area contributed by atoms with Crippen molar-refractivity contribution in [1.82, 2.24) is 9.88 Å². The molecule has 0 aliphatic carbocycles. The molecular weight excluding hydrogens is 322 g/mol. The van der Waals surface area contributed by atoms with Gasteiger partial charge in [0.1, 0.15) is 6.54 Å². The summed E-state index contributed by atoms with van der Waals surface area (Å²) in [5, 5.41) is 2.68. The maximum atomic E-state index is 12.2. The highest BCUT2D eigenvalue weighted by Crippen LogP contribution is 2.12. The number of rotatable bonds is 6. The molecule has 0 atom stereocenters. The molecule has 2 amide bonds. The average molecular weight is 341 g/mol. The Morgan fingerprint density at radius 1 is 1.20 bits per heavy atom. The number of benzene rings is 1. The van der Waals surface area contributed by atoms with E-state index < -0.39 is 5.97 Å². The predicted octanol–water partition coefficient (Wildman–Crippen LogP) is 1.86. The Kier molecular flexibility index (Phi) is 6.22. The number of pyridine rings is 1. The minimum absolute atomic E-state index is 0.104. The molecule has 2 rings (SSSR count). The molecule has 1 aromatic carbocycles. The van der Waals surface area contributed by atoms with Crippen molar-refractivity contribution >= 4 is 23.5 Å². The van der Waals surface area contributed by atoms with Crippen LogP contribution in [-0.2, 0) is 20.9 Å². The Hall–Kier alpha value is -3.22. The molecule has 2 aromatic rings. The number of hydrogen-bond acceptors (Lipinski definition) is 5. The highest BCUT2D eigenvalue weighted by atomic mass is 16.5. The lowest BCUT2D eigenvalue weighted by atomic mass is 10.2. The van der Waals surface area contributed by atoms with Crippen molar-refractivity contribution in [2.75, 3.05) is 19.0 Å². The number of nitrogens with one attached hydrogen (secondary N) is 1. The van der Waals surface area contributed by atoms with Gasteiger partial charge in [-0.2, -0.15) is 0 Å². The first kappa shape index (κ1) is 18.1.